The highest BCUT2D eigenvalue weighted by Crippen LogP contribution is 2.27. The van der Waals surface area contributed by atoms with E-state index in [2.05, 4.69) is 10.3 Å². The zero-order valence-corrected chi connectivity index (χ0v) is 16.7. The molecule has 0 spiro atoms. The predicted molar refractivity (Wildman–Crippen MR) is 108 cm³/mol. The average molecular weight is 431 g/mol. The Morgan fingerprint density at radius 1 is 1.03 bits per heavy atom. The maximum atomic E-state index is 13.4. The van der Waals surface area contributed by atoms with Gasteiger partial charge in [0.05, 0.1) is 16.1 Å². The van der Waals surface area contributed by atoms with Gasteiger partial charge in [0.15, 0.2) is 11.6 Å². The number of carbonyl (C=O) groups excluding carboxylic acids is 1. The monoisotopic (exact) mass is 431 g/mol. The lowest BCUT2D eigenvalue weighted by atomic mass is 9.97. The molecule has 1 aromatic heterocycles. The molecular formula is C21H19F2N3O3S. The van der Waals surface area contributed by atoms with Gasteiger partial charge in [0.25, 0.3) is 0 Å². The van der Waals surface area contributed by atoms with Crippen LogP contribution >= 0.6 is 0 Å². The van der Waals surface area contributed by atoms with Crippen LogP contribution in [0.3, 0.4) is 0 Å². The maximum Gasteiger partial charge on any atom is 0.243 e. The number of nitrogens with zero attached hydrogens (tertiary/aromatic N) is 2. The quantitative estimate of drug-likeness (QED) is 0.685. The molecule has 1 aliphatic heterocycles. The van der Waals surface area contributed by atoms with Crippen LogP contribution in [-0.2, 0) is 14.8 Å². The van der Waals surface area contributed by atoms with E-state index in [1.165, 1.54) is 4.31 Å². The van der Waals surface area contributed by atoms with E-state index in [0.29, 0.717) is 30.1 Å². The highest BCUT2D eigenvalue weighted by molar-refractivity contribution is 7.89. The molecule has 9 heteroatoms. The average Bonchev–Trinajstić information content (AvgIpc) is 2.76. The molecule has 1 saturated heterocycles. The summed E-state index contributed by atoms with van der Waals surface area (Å²) < 4.78 is 53.1. The Morgan fingerprint density at radius 2 is 1.77 bits per heavy atom. The zero-order valence-electron chi connectivity index (χ0n) is 15.9. The first-order chi connectivity index (χ1) is 14.4. The molecule has 4 rings (SSSR count). The van der Waals surface area contributed by atoms with E-state index in [1.807, 2.05) is 24.3 Å². The van der Waals surface area contributed by atoms with E-state index in [-0.39, 0.29) is 29.8 Å². The van der Waals surface area contributed by atoms with Gasteiger partial charge in [0.2, 0.25) is 15.9 Å². The number of benzene rings is 2. The Kier molecular flexibility index (Phi) is 5.48. The number of nitrogens with one attached hydrogen (secondary N) is 1. The van der Waals surface area contributed by atoms with Crippen molar-refractivity contribution in [3.05, 3.63) is 66.4 Å². The van der Waals surface area contributed by atoms with Gasteiger partial charge in [-0.25, -0.2) is 17.2 Å². The van der Waals surface area contributed by atoms with Crippen LogP contribution in [0.25, 0.3) is 10.9 Å². The number of hydrogen-bond donors (Lipinski definition) is 1. The topological polar surface area (TPSA) is 79.4 Å². The van der Waals surface area contributed by atoms with Crippen molar-refractivity contribution < 1.29 is 22.0 Å². The van der Waals surface area contributed by atoms with Crippen LogP contribution in [0.1, 0.15) is 12.8 Å². The lowest BCUT2D eigenvalue weighted by Gasteiger charge is -2.30. The predicted octanol–water partition coefficient (Wildman–Crippen LogP) is 3.55. The fourth-order valence-electron chi connectivity index (χ4n) is 3.58. The number of pyridine rings is 1. The number of rotatable bonds is 4. The van der Waals surface area contributed by atoms with Crippen molar-refractivity contribution in [2.45, 2.75) is 17.7 Å². The number of aromatic nitrogens is 1. The molecule has 156 valence electrons. The molecule has 2 aromatic carbocycles. The fraction of sp³-hybridized carbons (Fsp3) is 0.238. The zero-order chi connectivity index (χ0) is 21.3. The van der Waals surface area contributed by atoms with Gasteiger partial charge < -0.3 is 5.32 Å². The molecule has 1 aliphatic rings. The second kappa shape index (κ2) is 8.08. The normalized spacial score (nSPS) is 15.9. The van der Waals surface area contributed by atoms with Crippen molar-refractivity contribution in [1.82, 2.24) is 9.29 Å². The minimum absolute atomic E-state index is 0.118. The molecular weight excluding hydrogens is 412 g/mol. The number of sulfonamides is 1. The summed E-state index contributed by atoms with van der Waals surface area (Å²) in [5.74, 6) is -2.88. The summed E-state index contributed by atoms with van der Waals surface area (Å²) in [4.78, 5) is 16.7. The summed E-state index contributed by atoms with van der Waals surface area (Å²) in [7, 11) is -3.95. The Hall–Kier alpha value is -2.91. The summed E-state index contributed by atoms with van der Waals surface area (Å²) in [6.45, 7) is 0.237. The van der Waals surface area contributed by atoms with Gasteiger partial charge in [-0.1, -0.05) is 18.2 Å². The first-order valence-electron chi connectivity index (χ1n) is 9.46. The molecule has 1 N–H and O–H groups in total. The van der Waals surface area contributed by atoms with E-state index in [4.69, 9.17) is 0 Å². The molecule has 0 radical (unpaired) electrons. The van der Waals surface area contributed by atoms with Gasteiger partial charge in [-0.2, -0.15) is 4.31 Å². The summed E-state index contributed by atoms with van der Waals surface area (Å²) in [5, 5.41) is 3.80. The molecule has 0 saturated carbocycles. The first-order valence-corrected chi connectivity index (χ1v) is 10.9. The van der Waals surface area contributed by atoms with Crippen LogP contribution in [0.2, 0.25) is 0 Å². The summed E-state index contributed by atoms with van der Waals surface area (Å²) in [6.07, 6.45) is 2.31. The van der Waals surface area contributed by atoms with Crippen molar-refractivity contribution in [1.29, 1.82) is 0 Å². The number of carbonyl (C=O) groups is 1. The number of halogens is 2. The molecule has 3 aromatic rings. The highest BCUT2D eigenvalue weighted by Gasteiger charge is 2.32. The third-order valence-corrected chi connectivity index (χ3v) is 7.14. The van der Waals surface area contributed by atoms with Crippen LogP contribution in [0.5, 0.6) is 0 Å². The van der Waals surface area contributed by atoms with E-state index in [0.717, 1.165) is 17.5 Å². The molecule has 0 aliphatic carbocycles. The largest absolute Gasteiger partial charge is 0.324 e. The van der Waals surface area contributed by atoms with E-state index >= 15 is 0 Å². The van der Waals surface area contributed by atoms with Crippen molar-refractivity contribution in [2.75, 3.05) is 18.4 Å². The van der Waals surface area contributed by atoms with Gasteiger partial charge in [-0.3, -0.25) is 9.78 Å². The summed E-state index contributed by atoms with van der Waals surface area (Å²) in [5.41, 5.74) is 1.29. The van der Waals surface area contributed by atoms with Gasteiger partial charge >= 0.3 is 0 Å². The number of fused-ring (bicyclic) bond motifs is 1. The van der Waals surface area contributed by atoms with Crippen LogP contribution < -0.4 is 5.32 Å². The lowest BCUT2D eigenvalue weighted by Crippen LogP contribution is -2.41. The van der Waals surface area contributed by atoms with Crippen LogP contribution in [0.4, 0.5) is 14.5 Å². The summed E-state index contributed by atoms with van der Waals surface area (Å²) >= 11 is 0. The molecule has 1 fully saturated rings. The van der Waals surface area contributed by atoms with Crippen molar-refractivity contribution >= 4 is 32.5 Å². The van der Waals surface area contributed by atoms with E-state index in [1.54, 1.807) is 12.3 Å². The number of hydrogen-bond acceptors (Lipinski definition) is 4. The number of anilines is 1. The molecule has 1 amide bonds. The van der Waals surface area contributed by atoms with E-state index in [9.17, 15) is 22.0 Å². The second-order valence-corrected chi connectivity index (χ2v) is 9.06. The van der Waals surface area contributed by atoms with E-state index < -0.39 is 21.7 Å². The fourth-order valence-corrected chi connectivity index (χ4v) is 5.07. The van der Waals surface area contributed by atoms with Crippen LogP contribution in [0.15, 0.2) is 59.6 Å². The SMILES string of the molecule is O=C(Nc1cccc2cccnc12)C1CCN(S(=O)(=O)c2ccc(F)c(F)c2)CC1. The van der Waals surface area contributed by atoms with Gasteiger partial charge in [-0.15, -0.1) is 0 Å². The van der Waals surface area contributed by atoms with Gasteiger partial charge in [0, 0.05) is 30.6 Å². The maximum absolute atomic E-state index is 13.4. The van der Waals surface area contributed by atoms with Gasteiger partial charge in [0.1, 0.15) is 0 Å². The van der Waals surface area contributed by atoms with Crippen molar-refractivity contribution in [3.63, 3.8) is 0 Å². The minimum Gasteiger partial charge on any atom is -0.324 e. The Bertz CT molecular complexity index is 1200. The van der Waals surface area contributed by atoms with Crippen LogP contribution in [-0.4, -0.2) is 36.7 Å². The molecule has 0 atom stereocenters. The molecule has 0 bridgehead atoms. The Balaban J connectivity index is 1.43. The lowest BCUT2D eigenvalue weighted by molar-refractivity contribution is -0.120. The number of para-hydroxylation sites is 1. The number of piperidine rings is 1. The molecule has 30 heavy (non-hydrogen) atoms. The van der Waals surface area contributed by atoms with Crippen molar-refractivity contribution in [3.8, 4) is 0 Å². The second-order valence-electron chi connectivity index (χ2n) is 7.12. The molecule has 0 unspecified atom stereocenters. The molecule has 6 nitrogen and oxygen atoms in total. The van der Waals surface area contributed by atoms with Crippen molar-refractivity contribution in [2.24, 2.45) is 5.92 Å². The molecule has 2 heterocycles. The first kappa shape index (κ1) is 20.4. The summed E-state index contributed by atoms with van der Waals surface area (Å²) in [6, 6.07) is 11.7. The van der Waals surface area contributed by atoms with Gasteiger partial charge in [-0.05, 0) is 43.2 Å². The van der Waals surface area contributed by atoms with Crippen LogP contribution in [0, 0.1) is 17.6 Å². The minimum atomic E-state index is -3.95. The third-order valence-electron chi connectivity index (χ3n) is 5.24. The Labute approximate surface area is 172 Å². The standard InChI is InChI=1S/C21H19F2N3O3S/c22-17-7-6-16(13-18(17)23)30(28,29)26-11-8-15(9-12-26)21(27)25-19-5-1-3-14-4-2-10-24-20(14)19/h1-7,10,13,15H,8-9,11-12H2,(H,25,27). The smallest absolute Gasteiger partial charge is 0.243 e. The highest BCUT2D eigenvalue weighted by atomic mass is 32.2. The Morgan fingerprint density at radius 3 is 2.50 bits per heavy atom. The third kappa shape index (κ3) is 3.90. The number of amides is 1.